The van der Waals surface area contributed by atoms with Crippen molar-refractivity contribution in [1.82, 2.24) is 15.2 Å². The Morgan fingerprint density at radius 1 is 1.17 bits per heavy atom. The van der Waals surface area contributed by atoms with E-state index in [1.807, 2.05) is 0 Å². The molecule has 2 N–H and O–H groups in total. The van der Waals surface area contributed by atoms with Crippen LogP contribution in [0.15, 0.2) is 0 Å². The highest BCUT2D eigenvalue weighted by Gasteiger charge is 2.22. The number of carbonyl (C=O) groups excluding carboxylic acids is 2. The van der Waals surface area contributed by atoms with Crippen LogP contribution in [-0.4, -0.2) is 55.0 Å². The van der Waals surface area contributed by atoms with Crippen molar-refractivity contribution in [2.75, 3.05) is 33.3 Å². The Labute approximate surface area is 143 Å². The number of hydrogen-bond acceptors (Lipinski definition) is 4. The van der Waals surface area contributed by atoms with E-state index in [0.717, 1.165) is 13.0 Å². The molecule has 1 aliphatic heterocycles. The third-order valence-electron chi connectivity index (χ3n) is 4.69. The van der Waals surface area contributed by atoms with Crippen molar-refractivity contribution in [2.45, 2.75) is 46.0 Å². The van der Waals surface area contributed by atoms with Crippen molar-refractivity contribution >= 4 is 11.9 Å². The molecule has 0 atom stereocenters. The van der Waals surface area contributed by atoms with Gasteiger partial charge >= 0.3 is 5.97 Å². The minimum atomic E-state index is -0.415. The minimum absolute atomic E-state index is 0.165. The molecular weight excluding hydrogens is 306 g/mol. The smallest absolute Gasteiger partial charge is 0.339 e. The Hall–Kier alpha value is -1.82. The lowest BCUT2D eigenvalue weighted by Gasteiger charge is -2.19. The number of ether oxygens (including phenoxy) is 1. The molecule has 0 bridgehead atoms. The number of nitrogens with zero attached hydrogens (tertiary/aromatic N) is 1. The lowest BCUT2D eigenvalue weighted by Crippen LogP contribution is -2.31. The van der Waals surface area contributed by atoms with Gasteiger partial charge in [0.05, 0.1) is 12.7 Å². The third kappa shape index (κ3) is 4.60. The van der Waals surface area contributed by atoms with E-state index >= 15 is 0 Å². The van der Waals surface area contributed by atoms with Crippen molar-refractivity contribution in [1.29, 1.82) is 0 Å². The van der Waals surface area contributed by atoms with Gasteiger partial charge in [0.2, 0.25) is 0 Å². The molecule has 1 aliphatic rings. The fourth-order valence-electron chi connectivity index (χ4n) is 3.34. The number of esters is 1. The molecule has 2 heterocycles. The molecule has 0 spiro atoms. The van der Waals surface area contributed by atoms with Crippen LogP contribution in [-0.2, 0) is 4.74 Å². The van der Waals surface area contributed by atoms with Gasteiger partial charge in [-0.3, -0.25) is 4.79 Å². The molecule has 1 fully saturated rings. The Morgan fingerprint density at radius 3 is 2.46 bits per heavy atom. The molecule has 1 aromatic heterocycles. The fourth-order valence-corrected chi connectivity index (χ4v) is 3.34. The molecule has 6 heteroatoms. The molecular formula is C18H29N3O3. The number of likely N-dealkylation sites (tertiary alicyclic amines) is 1. The molecule has 1 saturated heterocycles. The topological polar surface area (TPSA) is 74.4 Å². The van der Waals surface area contributed by atoms with Crippen LogP contribution in [0.5, 0.6) is 0 Å². The molecule has 1 aromatic rings. The van der Waals surface area contributed by atoms with Crippen LogP contribution < -0.4 is 5.32 Å². The summed E-state index contributed by atoms with van der Waals surface area (Å²) in [6.45, 7) is 7.55. The average molecular weight is 335 g/mol. The van der Waals surface area contributed by atoms with E-state index in [1.165, 1.54) is 45.9 Å². The van der Waals surface area contributed by atoms with E-state index in [9.17, 15) is 9.59 Å². The summed E-state index contributed by atoms with van der Waals surface area (Å²) in [5.41, 5.74) is 2.20. The maximum atomic E-state index is 12.3. The number of carbonyl (C=O) groups is 2. The Bertz CT molecular complexity index is 572. The van der Waals surface area contributed by atoms with Crippen LogP contribution in [0.2, 0.25) is 0 Å². The monoisotopic (exact) mass is 335 g/mol. The Balaban J connectivity index is 1.83. The van der Waals surface area contributed by atoms with E-state index in [1.54, 1.807) is 13.8 Å². The summed E-state index contributed by atoms with van der Waals surface area (Å²) in [5, 5.41) is 2.94. The molecule has 24 heavy (non-hydrogen) atoms. The highest BCUT2D eigenvalue weighted by Crippen LogP contribution is 2.18. The molecule has 0 aromatic carbocycles. The minimum Gasteiger partial charge on any atom is -0.465 e. The summed E-state index contributed by atoms with van der Waals surface area (Å²) in [6.07, 6.45) is 6.17. The lowest BCUT2D eigenvalue weighted by molar-refractivity contribution is 0.0599. The molecule has 134 valence electrons. The SMILES string of the molecule is COC(=O)c1c(C)[nH]c(C(=O)NCCCN2CCCCCC2)c1C. The second-order valence-corrected chi connectivity index (χ2v) is 6.48. The molecule has 6 nitrogen and oxygen atoms in total. The van der Waals surface area contributed by atoms with Gasteiger partial charge in [0, 0.05) is 12.2 Å². The largest absolute Gasteiger partial charge is 0.465 e. The number of aryl methyl sites for hydroxylation is 1. The number of methoxy groups -OCH3 is 1. The first kappa shape index (κ1) is 18.5. The first-order valence-electron chi connectivity index (χ1n) is 8.82. The van der Waals surface area contributed by atoms with Gasteiger partial charge in [-0.25, -0.2) is 4.79 Å². The Morgan fingerprint density at radius 2 is 1.83 bits per heavy atom. The van der Waals surface area contributed by atoms with Gasteiger partial charge in [-0.15, -0.1) is 0 Å². The molecule has 0 saturated carbocycles. The van der Waals surface area contributed by atoms with Crippen LogP contribution in [0.3, 0.4) is 0 Å². The number of aromatic nitrogens is 1. The molecule has 2 rings (SSSR count). The summed E-state index contributed by atoms with van der Waals surface area (Å²) in [7, 11) is 1.34. The molecule has 0 aliphatic carbocycles. The summed E-state index contributed by atoms with van der Waals surface area (Å²) in [4.78, 5) is 29.6. The van der Waals surface area contributed by atoms with Gasteiger partial charge < -0.3 is 19.9 Å². The average Bonchev–Trinajstić information content (AvgIpc) is 2.75. The highest BCUT2D eigenvalue weighted by atomic mass is 16.5. The number of H-pyrrole nitrogens is 1. The maximum Gasteiger partial charge on any atom is 0.339 e. The maximum absolute atomic E-state index is 12.3. The second-order valence-electron chi connectivity index (χ2n) is 6.48. The van der Waals surface area contributed by atoms with Crippen LogP contribution in [0.1, 0.15) is 64.2 Å². The highest BCUT2D eigenvalue weighted by molar-refractivity contribution is 6.00. The molecule has 0 unspecified atom stereocenters. The van der Waals surface area contributed by atoms with Gasteiger partial charge in [-0.2, -0.15) is 0 Å². The van der Waals surface area contributed by atoms with Gasteiger partial charge in [0.15, 0.2) is 0 Å². The summed E-state index contributed by atoms with van der Waals surface area (Å²) in [6, 6.07) is 0. The van der Waals surface area contributed by atoms with Gasteiger partial charge in [0.25, 0.3) is 5.91 Å². The van der Waals surface area contributed by atoms with Gasteiger partial charge in [-0.05, 0) is 58.3 Å². The van der Waals surface area contributed by atoms with E-state index in [0.29, 0.717) is 29.1 Å². The van der Waals surface area contributed by atoms with Crippen molar-refractivity contribution in [3.63, 3.8) is 0 Å². The first-order valence-corrected chi connectivity index (χ1v) is 8.82. The van der Waals surface area contributed by atoms with E-state index in [2.05, 4.69) is 15.2 Å². The zero-order valence-corrected chi connectivity index (χ0v) is 15.0. The number of aromatic amines is 1. The van der Waals surface area contributed by atoms with E-state index in [-0.39, 0.29) is 5.91 Å². The summed E-state index contributed by atoms with van der Waals surface area (Å²) in [5.74, 6) is -0.580. The zero-order valence-electron chi connectivity index (χ0n) is 15.0. The van der Waals surface area contributed by atoms with E-state index in [4.69, 9.17) is 4.74 Å². The number of rotatable bonds is 6. The van der Waals surface area contributed by atoms with Crippen molar-refractivity contribution in [3.8, 4) is 0 Å². The van der Waals surface area contributed by atoms with Crippen LogP contribution >= 0.6 is 0 Å². The second kappa shape index (κ2) is 8.87. The predicted octanol–water partition coefficient (Wildman–Crippen LogP) is 2.41. The third-order valence-corrected chi connectivity index (χ3v) is 4.69. The summed E-state index contributed by atoms with van der Waals surface area (Å²) >= 11 is 0. The predicted molar refractivity (Wildman–Crippen MR) is 93.5 cm³/mol. The normalized spacial score (nSPS) is 15.8. The number of nitrogens with one attached hydrogen (secondary N) is 2. The number of amides is 1. The summed E-state index contributed by atoms with van der Waals surface area (Å²) < 4.78 is 4.77. The molecule has 1 amide bonds. The van der Waals surface area contributed by atoms with Crippen LogP contribution in [0.4, 0.5) is 0 Å². The van der Waals surface area contributed by atoms with Crippen molar-refractivity contribution < 1.29 is 14.3 Å². The van der Waals surface area contributed by atoms with Gasteiger partial charge in [-0.1, -0.05) is 12.8 Å². The Kier molecular flexibility index (Phi) is 6.85. The zero-order chi connectivity index (χ0) is 17.5. The standard InChI is InChI=1S/C18H29N3O3/c1-13-15(18(23)24-3)14(2)20-16(13)17(22)19-9-8-12-21-10-6-4-5-7-11-21/h20H,4-12H2,1-3H3,(H,19,22). The van der Waals surface area contributed by atoms with E-state index < -0.39 is 5.97 Å². The van der Waals surface area contributed by atoms with Crippen LogP contribution in [0.25, 0.3) is 0 Å². The fraction of sp³-hybridized carbons (Fsp3) is 0.667. The number of hydrogen-bond donors (Lipinski definition) is 2. The lowest BCUT2D eigenvalue weighted by atomic mass is 10.1. The molecule has 0 radical (unpaired) electrons. The van der Waals surface area contributed by atoms with Crippen LogP contribution in [0, 0.1) is 13.8 Å². The van der Waals surface area contributed by atoms with Crippen molar-refractivity contribution in [3.05, 3.63) is 22.5 Å². The van der Waals surface area contributed by atoms with Crippen molar-refractivity contribution in [2.24, 2.45) is 0 Å². The quantitative estimate of drug-likeness (QED) is 0.618. The van der Waals surface area contributed by atoms with Gasteiger partial charge in [0.1, 0.15) is 5.69 Å². The first-order chi connectivity index (χ1) is 11.5.